The van der Waals surface area contributed by atoms with E-state index >= 15 is 0 Å². The largest absolute Gasteiger partial charge is 0.333 e. The first-order valence-corrected chi connectivity index (χ1v) is 7.33. The molecule has 0 radical (unpaired) electrons. The lowest BCUT2D eigenvalue weighted by atomic mass is 9.87. The lowest BCUT2D eigenvalue weighted by Crippen LogP contribution is -2.35. The van der Waals surface area contributed by atoms with E-state index in [0.29, 0.717) is 0 Å². The van der Waals surface area contributed by atoms with Crippen LogP contribution in [0.5, 0.6) is 0 Å². The fourth-order valence-corrected chi connectivity index (χ4v) is 2.94. The molecule has 0 aliphatic heterocycles. The molecule has 18 heavy (non-hydrogen) atoms. The van der Waals surface area contributed by atoms with Gasteiger partial charge in [-0.1, -0.05) is 32.1 Å². The summed E-state index contributed by atoms with van der Waals surface area (Å²) in [7, 11) is 2.01. The van der Waals surface area contributed by atoms with Gasteiger partial charge in [0.2, 0.25) is 0 Å². The molecule has 0 saturated heterocycles. The summed E-state index contributed by atoms with van der Waals surface area (Å²) in [5, 5.41) is 3.36. The molecule has 0 unspecified atom stereocenters. The van der Waals surface area contributed by atoms with Gasteiger partial charge in [-0.15, -0.1) is 0 Å². The molecule has 1 heterocycles. The molecule has 1 N–H and O–H groups in total. The second-order valence-corrected chi connectivity index (χ2v) is 6.14. The monoisotopic (exact) mass is 249 g/mol. The quantitative estimate of drug-likeness (QED) is 0.867. The third-order valence-electron chi connectivity index (χ3n) is 4.48. The molecule has 1 aromatic heterocycles. The van der Waals surface area contributed by atoms with Crippen molar-refractivity contribution in [1.82, 2.24) is 14.9 Å². The fourth-order valence-electron chi connectivity index (χ4n) is 2.94. The Labute approximate surface area is 111 Å². The first kappa shape index (κ1) is 13.6. The summed E-state index contributed by atoms with van der Waals surface area (Å²) in [4.78, 5) is 4.32. The summed E-state index contributed by atoms with van der Waals surface area (Å²) in [6.07, 6.45) is 12.5. The average molecular weight is 249 g/mol. The molecule has 0 bridgehead atoms. The summed E-state index contributed by atoms with van der Waals surface area (Å²) in [6.45, 7) is 5.54. The van der Waals surface area contributed by atoms with Crippen LogP contribution < -0.4 is 5.32 Å². The number of imidazole rings is 1. The Morgan fingerprint density at radius 2 is 2.06 bits per heavy atom. The van der Waals surface area contributed by atoms with E-state index < -0.39 is 0 Å². The Hall–Kier alpha value is -0.830. The molecular formula is C15H27N3. The van der Waals surface area contributed by atoms with Gasteiger partial charge in [0.25, 0.3) is 0 Å². The molecule has 1 aliphatic carbocycles. The summed E-state index contributed by atoms with van der Waals surface area (Å²) in [5.74, 6) is 0.937. The number of aryl methyl sites for hydroxylation is 1. The predicted octanol–water partition coefficient (Wildman–Crippen LogP) is 3.31. The Bertz CT molecular complexity index is 362. The molecule has 102 valence electrons. The fraction of sp³-hybridized carbons (Fsp3) is 0.800. The van der Waals surface area contributed by atoms with Gasteiger partial charge in [-0.25, -0.2) is 4.98 Å². The van der Waals surface area contributed by atoms with E-state index in [1.165, 1.54) is 44.2 Å². The summed E-state index contributed by atoms with van der Waals surface area (Å²) in [6, 6.07) is 0. The van der Waals surface area contributed by atoms with Crippen molar-refractivity contribution >= 4 is 0 Å². The molecule has 0 aromatic carbocycles. The van der Waals surface area contributed by atoms with Crippen molar-refractivity contribution in [2.45, 2.75) is 64.5 Å². The lowest BCUT2D eigenvalue weighted by Gasteiger charge is -2.27. The summed E-state index contributed by atoms with van der Waals surface area (Å²) in [5.41, 5.74) is 1.30. The highest BCUT2D eigenvalue weighted by Gasteiger charge is 2.22. The molecule has 1 aliphatic rings. The number of hydrogen-bond acceptors (Lipinski definition) is 2. The van der Waals surface area contributed by atoms with E-state index in [2.05, 4.69) is 28.7 Å². The molecule has 0 amide bonds. The van der Waals surface area contributed by atoms with Crippen LogP contribution in [0.2, 0.25) is 0 Å². The third kappa shape index (κ3) is 3.14. The highest BCUT2D eigenvalue weighted by Crippen LogP contribution is 2.27. The zero-order chi connectivity index (χ0) is 13.0. The van der Waals surface area contributed by atoms with Gasteiger partial charge in [-0.05, 0) is 33.2 Å². The zero-order valence-corrected chi connectivity index (χ0v) is 12.1. The van der Waals surface area contributed by atoms with Crippen LogP contribution in [-0.4, -0.2) is 16.6 Å². The Kier molecular flexibility index (Phi) is 4.44. The maximum atomic E-state index is 4.32. The molecule has 1 saturated carbocycles. The summed E-state index contributed by atoms with van der Waals surface area (Å²) < 4.78 is 2.32. The van der Waals surface area contributed by atoms with E-state index in [-0.39, 0.29) is 5.54 Å². The minimum Gasteiger partial charge on any atom is -0.333 e. The number of nitrogens with zero attached hydrogens (tertiary/aromatic N) is 2. The van der Waals surface area contributed by atoms with Crippen LogP contribution in [0.15, 0.2) is 12.5 Å². The topological polar surface area (TPSA) is 29.9 Å². The van der Waals surface area contributed by atoms with Crippen molar-refractivity contribution in [2.75, 3.05) is 7.05 Å². The smallest absolute Gasteiger partial charge is 0.0948 e. The molecular weight excluding hydrogens is 222 g/mol. The number of nitrogens with one attached hydrogen (secondary N) is 1. The normalized spacial score (nSPS) is 18.2. The van der Waals surface area contributed by atoms with Crippen molar-refractivity contribution in [3.05, 3.63) is 18.2 Å². The van der Waals surface area contributed by atoms with Crippen molar-refractivity contribution in [3.63, 3.8) is 0 Å². The third-order valence-corrected chi connectivity index (χ3v) is 4.48. The van der Waals surface area contributed by atoms with E-state index in [4.69, 9.17) is 0 Å². The van der Waals surface area contributed by atoms with Crippen molar-refractivity contribution < 1.29 is 0 Å². The lowest BCUT2D eigenvalue weighted by molar-refractivity contribution is 0.316. The van der Waals surface area contributed by atoms with Crippen LogP contribution in [0.1, 0.15) is 58.1 Å². The number of rotatable bonds is 5. The summed E-state index contributed by atoms with van der Waals surface area (Å²) >= 11 is 0. The van der Waals surface area contributed by atoms with Crippen LogP contribution in [0, 0.1) is 5.92 Å². The van der Waals surface area contributed by atoms with E-state index in [1.807, 2.05) is 19.6 Å². The van der Waals surface area contributed by atoms with Crippen molar-refractivity contribution in [2.24, 2.45) is 5.92 Å². The highest BCUT2D eigenvalue weighted by atomic mass is 15.1. The second kappa shape index (κ2) is 5.87. The Balaban J connectivity index is 1.95. The van der Waals surface area contributed by atoms with Gasteiger partial charge in [-0.2, -0.15) is 0 Å². The van der Waals surface area contributed by atoms with Gasteiger partial charge < -0.3 is 9.88 Å². The van der Waals surface area contributed by atoms with Crippen LogP contribution in [0.3, 0.4) is 0 Å². The van der Waals surface area contributed by atoms with Crippen molar-refractivity contribution in [1.29, 1.82) is 0 Å². The zero-order valence-electron chi connectivity index (χ0n) is 12.1. The molecule has 3 heteroatoms. The second-order valence-electron chi connectivity index (χ2n) is 6.14. The highest BCUT2D eigenvalue weighted by molar-refractivity contribution is 5.10. The van der Waals surface area contributed by atoms with Crippen LogP contribution >= 0.6 is 0 Å². The van der Waals surface area contributed by atoms with Gasteiger partial charge >= 0.3 is 0 Å². The standard InChI is InChI=1S/C15H27N3/c1-15(2,16-3)14-11-17-12-18(14)10-9-13-7-5-4-6-8-13/h11-13,16H,4-10H2,1-3H3. The average Bonchev–Trinajstić information content (AvgIpc) is 2.87. The van der Waals surface area contributed by atoms with Crippen LogP contribution in [-0.2, 0) is 12.1 Å². The van der Waals surface area contributed by atoms with Gasteiger partial charge in [0, 0.05) is 12.7 Å². The maximum Gasteiger partial charge on any atom is 0.0948 e. The minimum absolute atomic E-state index is 0.00304. The predicted molar refractivity (Wildman–Crippen MR) is 75.5 cm³/mol. The molecule has 0 atom stereocenters. The van der Waals surface area contributed by atoms with Gasteiger partial charge in [0.15, 0.2) is 0 Å². The van der Waals surface area contributed by atoms with E-state index in [9.17, 15) is 0 Å². The molecule has 2 rings (SSSR count). The van der Waals surface area contributed by atoms with Crippen molar-refractivity contribution in [3.8, 4) is 0 Å². The number of aromatic nitrogens is 2. The maximum absolute atomic E-state index is 4.32. The molecule has 1 fully saturated rings. The van der Waals surface area contributed by atoms with Gasteiger partial charge in [0.1, 0.15) is 0 Å². The Morgan fingerprint density at radius 3 is 2.72 bits per heavy atom. The Morgan fingerprint density at radius 1 is 1.33 bits per heavy atom. The van der Waals surface area contributed by atoms with Crippen LogP contribution in [0.25, 0.3) is 0 Å². The minimum atomic E-state index is 0.00304. The first-order chi connectivity index (χ1) is 8.63. The molecule has 0 spiro atoms. The number of hydrogen-bond donors (Lipinski definition) is 1. The molecule has 1 aromatic rings. The van der Waals surface area contributed by atoms with Gasteiger partial charge in [-0.3, -0.25) is 0 Å². The van der Waals surface area contributed by atoms with E-state index in [0.717, 1.165) is 12.5 Å². The van der Waals surface area contributed by atoms with Crippen LogP contribution in [0.4, 0.5) is 0 Å². The van der Waals surface area contributed by atoms with Gasteiger partial charge in [0.05, 0.1) is 17.6 Å². The SMILES string of the molecule is CNC(C)(C)c1cncn1CCC1CCCCC1. The first-order valence-electron chi connectivity index (χ1n) is 7.33. The molecule has 3 nitrogen and oxygen atoms in total. The van der Waals surface area contributed by atoms with E-state index in [1.54, 1.807) is 0 Å².